The number of methoxy groups -OCH3 is 3. The third-order valence-electron chi connectivity index (χ3n) is 6.08. The third-order valence-corrected chi connectivity index (χ3v) is 6.08. The molecule has 4 rings (SSSR count). The van der Waals surface area contributed by atoms with Gasteiger partial charge in [-0.3, -0.25) is 0 Å². The molecule has 2 N–H and O–H groups in total. The molecule has 5 nitrogen and oxygen atoms in total. The van der Waals surface area contributed by atoms with E-state index in [0.717, 1.165) is 50.9 Å². The van der Waals surface area contributed by atoms with Gasteiger partial charge >= 0.3 is 0 Å². The molecule has 3 aromatic carbocycles. The number of hydrogen-bond donors (Lipinski definition) is 2. The Hall–Kier alpha value is -2.92. The summed E-state index contributed by atoms with van der Waals surface area (Å²) in [6.45, 7) is 6.27. The minimum Gasteiger partial charge on any atom is -0.507 e. The highest BCUT2D eigenvalue weighted by Gasteiger charge is 2.30. The summed E-state index contributed by atoms with van der Waals surface area (Å²) in [5, 5.41) is 16.9. The maximum atomic E-state index is 11.5. The predicted octanol–water partition coefficient (Wildman–Crippen LogP) is 5.14. The van der Waals surface area contributed by atoms with E-state index in [2.05, 4.69) is 25.2 Å². The molecule has 5 heteroatoms. The summed E-state index contributed by atoms with van der Waals surface area (Å²) >= 11 is 0. The Bertz CT molecular complexity index is 1120. The Morgan fingerprint density at radius 3 is 2.30 bits per heavy atom. The molecule has 0 saturated heterocycles. The summed E-state index contributed by atoms with van der Waals surface area (Å²) in [5.41, 5.74) is 4.69. The first-order valence-electron chi connectivity index (χ1n) is 10.2. The van der Waals surface area contributed by atoms with Crippen molar-refractivity contribution in [2.75, 3.05) is 21.3 Å². The predicted molar refractivity (Wildman–Crippen MR) is 120 cm³/mol. The van der Waals surface area contributed by atoms with Crippen LogP contribution in [-0.2, 0) is 6.42 Å². The highest BCUT2D eigenvalue weighted by molar-refractivity contribution is 6.07. The van der Waals surface area contributed by atoms with Crippen LogP contribution in [0.5, 0.6) is 23.0 Å². The van der Waals surface area contributed by atoms with Gasteiger partial charge in [0.15, 0.2) is 0 Å². The monoisotopic (exact) mass is 407 g/mol. The second-order valence-corrected chi connectivity index (χ2v) is 8.02. The Balaban J connectivity index is 2.11. The van der Waals surface area contributed by atoms with Gasteiger partial charge in [0, 0.05) is 23.2 Å². The van der Waals surface area contributed by atoms with E-state index >= 15 is 0 Å². The van der Waals surface area contributed by atoms with Crippen LogP contribution >= 0.6 is 0 Å². The molecular weight excluding hydrogens is 378 g/mol. The summed E-state index contributed by atoms with van der Waals surface area (Å²) in [4.78, 5) is 0. The fraction of sp³-hybridized carbons (Fsp3) is 0.360. The molecule has 2 atom stereocenters. The van der Waals surface area contributed by atoms with Crippen LogP contribution in [-0.4, -0.2) is 32.5 Å². The Kier molecular flexibility index (Phi) is 5.24. The molecule has 0 radical (unpaired) electrons. The molecule has 0 bridgehead atoms. The number of fused-ring (bicyclic) bond motifs is 2. The molecule has 0 aromatic heterocycles. The number of aryl methyl sites for hydroxylation is 1. The van der Waals surface area contributed by atoms with Crippen LogP contribution in [0.4, 0.5) is 0 Å². The van der Waals surface area contributed by atoms with Crippen LogP contribution in [0.2, 0.25) is 0 Å². The van der Waals surface area contributed by atoms with Crippen LogP contribution in [0.1, 0.15) is 36.6 Å². The number of hydrogen-bond acceptors (Lipinski definition) is 5. The van der Waals surface area contributed by atoms with E-state index in [1.807, 2.05) is 31.2 Å². The van der Waals surface area contributed by atoms with Crippen molar-refractivity contribution in [2.24, 2.45) is 0 Å². The van der Waals surface area contributed by atoms with Crippen molar-refractivity contribution in [1.82, 2.24) is 5.32 Å². The first kappa shape index (κ1) is 20.4. The van der Waals surface area contributed by atoms with E-state index in [-0.39, 0.29) is 11.8 Å². The molecule has 0 saturated carbocycles. The molecule has 0 spiro atoms. The number of aromatic hydroxyl groups is 1. The van der Waals surface area contributed by atoms with Crippen LogP contribution in [0, 0.1) is 6.92 Å². The van der Waals surface area contributed by atoms with E-state index in [0.29, 0.717) is 17.4 Å². The zero-order chi connectivity index (χ0) is 21.6. The van der Waals surface area contributed by atoms with Crippen molar-refractivity contribution in [2.45, 2.75) is 39.3 Å². The zero-order valence-electron chi connectivity index (χ0n) is 18.4. The van der Waals surface area contributed by atoms with Gasteiger partial charge < -0.3 is 24.6 Å². The molecule has 30 heavy (non-hydrogen) atoms. The number of phenols is 1. The van der Waals surface area contributed by atoms with Crippen molar-refractivity contribution in [1.29, 1.82) is 0 Å². The van der Waals surface area contributed by atoms with Gasteiger partial charge in [-0.05, 0) is 61.9 Å². The SMILES string of the molecule is COc1cc2c(c(O)c1-c1c(C)cc(OC)c3c(OC)cccc13)[C@H](C)N[C@H](C)C2. The lowest BCUT2D eigenvalue weighted by molar-refractivity contribution is 0.390. The van der Waals surface area contributed by atoms with Crippen LogP contribution < -0.4 is 19.5 Å². The Morgan fingerprint density at radius 1 is 0.933 bits per heavy atom. The van der Waals surface area contributed by atoms with Crippen molar-refractivity contribution < 1.29 is 19.3 Å². The highest BCUT2D eigenvalue weighted by atomic mass is 16.5. The van der Waals surface area contributed by atoms with Crippen LogP contribution in [0.15, 0.2) is 30.3 Å². The molecule has 1 aliphatic rings. The molecular formula is C25H29NO4. The minimum absolute atomic E-state index is 0.0489. The summed E-state index contributed by atoms with van der Waals surface area (Å²) in [6.07, 6.45) is 0.847. The Morgan fingerprint density at radius 2 is 1.63 bits per heavy atom. The van der Waals surface area contributed by atoms with Gasteiger partial charge in [-0.1, -0.05) is 12.1 Å². The fourth-order valence-corrected chi connectivity index (χ4v) is 4.88. The highest BCUT2D eigenvalue weighted by Crippen LogP contribution is 2.50. The summed E-state index contributed by atoms with van der Waals surface area (Å²) in [5.74, 6) is 2.41. The third kappa shape index (κ3) is 3.05. The van der Waals surface area contributed by atoms with E-state index < -0.39 is 0 Å². The minimum atomic E-state index is 0.0489. The van der Waals surface area contributed by atoms with Gasteiger partial charge in [-0.2, -0.15) is 0 Å². The summed E-state index contributed by atoms with van der Waals surface area (Å²) < 4.78 is 17.1. The van der Waals surface area contributed by atoms with Crippen molar-refractivity contribution in [3.05, 3.63) is 47.0 Å². The van der Waals surface area contributed by atoms with Crippen molar-refractivity contribution >= 4 is 10.8 Å². The van der Waals surface area contributed by atoms with Crippen LogP contribution in [0.3, 0.4) is 0 Å². The molecule has 158 valence electrons. The summed E-state index contributed by atoms with van der Waals surface area (Å²) in [7, 11) is 4.96. The van der Waals surface area contributed by atoms with Gasteiger partial charge in [-0.15, -0.1) is 0 Å². The lowest BCUT2D eigenvalue weighted by atomic mass is 9.84. The average molecular weight is 408 g/mol. The standard InChI is InChI=1S/C25H29NO4/c1-13-10-19(29-5)23-17(8-7-9-18(23)28-4)21(13)24-20(30-6)12-16-11-14(2)26-15(3)22(16)25(24)27/h7-10,12,14-15,26-27H,11H2,1-6H3/t14-,15+/m1/s1. The number of benzene rings is 3. The molecule has 0 amide bonds. The van der Waals surface area contributed by atoms with E-state index in [1.54, 1.807) is 21.3 Å². The largest absolute Gasteiger partial charge is 0.507 e. The molecule has 0 unspecified atom stereocenters. The van der Waals surface area contributed by atoms with E-state index in [1.165, 1.54) is 0 Å². The van der Waals surface area contributed by atoms with Gasteiger partial charge in [0.1, 0.15) is 23.0 Å². The molecule has 1 heterocycles. The van der Waals surface area contributed by atoms with Gasteiger partial charge in [0.2, 0.25) is 0 Å². The lowest BCUT2D eigenvalue weighted by Gasteiger charge is -2.31. The first-order valence-corrected chi connectivity index (χ1v) is 10.2. The summed E-state index contributed by atoms with van der Waals surface area (Å²) in [6, 6.07) is 10.4. The van der Waals surface area contributed by atoms with Crippen molar-refractivity contribution in [3.8, 4) is 34.1 Å². The van der Waals surface area contributed by atoms with Gasteiger partial charge in [0.05, 0.1) is 32.3 Å². The first-order chi connectivity index (χ1) is 14.4. The molecule has 0 aliphatic carbocycles. The maximum Gasteiger partial charge on any atom is 0.132 e. The maximum absolute atomic E-state index is 11.5. The second-order valence-electron chi connectivity index (χ2n) is 8.02. The number of rotatable bonds is 4. The normalized spacial score (nSPS) is 18.2. The smallest absolute Gasteiger partial charge is 0.132 e. The molecule has 3 aromatic rings. The van der Waals surface area contributed by atoms with Crippen LogP contribution in [0.25, 0.3) is 21.9 Å². The molecule has 0 fully saturated rings. The van der Waals surface area contributed by atoms with E-state index in [9.17, 15) is 5.11 Å². The van der Waals surface area contributed by atoms with Gasteiger partial charge in [0.25, 0.3) is 0 Å². The second kappa shape index (κ2) is 7.73. The zero-order valence-corrected chi connectivity index (χ0v) is 18.4. The van der Waals surface area contributed by atoms with E-state index in [4.69, 9.17) is 14.2 Å². The average Bonchev–Trinajstić information content (AvgIpc) is 2.72. The Labute approximate surface area is 177 Å². The topological polar surface area (TPSA) is 60.0 Å². The fourth-order valence-electron chi connectivity index (χ4n) is 4.88. The molecule has 1 aliphatic heterocycles. The van der Waals surface area contributed by atoms with Crippen molar-refractivity contribution in [3.63, 3.8) is 0 Å². The lowest BCUT2D eigenvalue weighted by Crippen LogP contribution is -2.36. The van der Waals surface area contributed by atoms with Gasteiger partial charge in [-0.25, -0.2) is 0 Å². The number of nitrogens with one attached hydrogen (secondary N) is 1. The number of ether oxygens (including phenoxy) is 3. The quantitative estimate of drug-likeness (QED) is 0.627. The number of phenolic OH excluding ortho intramolecular Hbond substituents is 1.